The number of anilines is 1. The maximum Gasteiger partial charge on any atom is 0.317 e. The monoisotopic (exact) mass is 447 g/mol. The normalized spacial score (nSPS) is 17.6. The first-order chi connectivity index (χ1) is 15.3. The largest absolute Gasteiger partial charge is 0.490 e. The summed E-state index contributed by atoms with van der Waals surface area (Å²) in [6.07, 6.45) is 2.22. The number of nitrogens with zero attached hydrogens (tertiary/aromatic N) is 1. The van der Waals surface area contributed by atoms with E-state index in [4.69, 9.17) is 15.2 Å². The van der Waals surface area contributed by atoms with Crippen LogP contribution in [0.3, 0.4) is 0 Å². The van der Waals surface area contributed by atoms with Gasteiger partial charge in [-0.15, -0.1) is 0 Å². The van der Waals surface area contributed by atoms with E-state index in [0.29, 0.717) is 18.1 Å². The smallest absolute Gasteiger partial charge is 0.317 e. The predicted molar refractivity (Wildman–Crippen MR) is 107 cm³/mol. The number of urea groups is 1. The van der Waals surface area contributed by atoms with Gasteiger partial charge in [0.2, 0.25) is 0 Å². The van der Waals surface area contributed by atoms with E-state index in [0.717, 1.165) is 30.7 Å². The lowest BCUT2D eigenvalue weighted by Crippen LogP contribution is -2.19. The number of fused-ring (bicyclic) bond motifs is 3. The summed E-state index contributed by atoms with van der Waals surface area (Å²) in [5, 5.41) is 2.27. The van der Waals surface area contributed by atoms with E-state index < -0.39 is 23.5 Å². The number of benzene rings is 2. The van der Waals surface area contributed by atoms with Crippen LogP contribution in [0.15, 0.2) is 48.7 Å². The molecule has 5 rings (SSSR count). The van der Waals surface area contributed by atoms with Crippen molar-refractivity contribution in [2.45, 2.75) is 12.3 Å². The van der Waals surface area contributed by atoms with Gasteiger partial charge in [0.05, 0.1) is 12.8 Å². The van der Waals surface area contributed by atoms with Crippen molar-refractivity contribution < 1.29 is 31.8 Å². The van der Waals surface area contributed by atoms with Gasteiger partial charge in [-0.1, -0.05) is 0 Å². The molecule has 2 amide bonds. The van der Waals surface area contributed by atoms with Crippen LogP contribution in [0.25, 0.3) is 0 Å². The van der Waals surface area contributed by atoms with Crippen molar-refractivity contribution in [3.05, 3.63) is 77.5 Å². The Morgan fingerprint density at radius 2 is 1.75 bits per heavy atom. The third kappa shape index (κ3) is 4.90. The van der Waals surface area contributed by atoms with Crippen LogP contribution in [-0.2, 0) is 0 Å². The van der Waals surface area contributed by atoms with Gasteiger partial charge in [0.25, 0.3) is 0 Å². The Labute approximate surface area is 180 Å². The molecule has 3 aromatic rings. The molecule has 1 aliphatic carbocycles. The van der Waals surface area contributed by atoms with Gasteiger partial charge in [0, 0.05) is 29.7 Å². The molecule has 6 nitrogen and oxygen atoms in total. The Balaban J connectivity index is 0.000000163. The van der Waals surface area contributed by atoms with Crippen LogP contribution < -0.4 is 20.5 Å². The summed E-state index contributed by atoms with van der Waals surface area (Å²) in [5.41, 5.74) is 5.37. The van der Waals surface area contributed by atoms with Gasteiger partial charge in [-0.25, -0.2) is 27.3 Å². The van der Waals surface area contributed by atoms with Crippen LogP contribution in [0.4, 0.5) is 28.2 Å². The third-order valence-electron chi connectivity index (χ3n) is 4.89. The van der Waals surface area contributed by atoms with E-state index in [-0.39, 0.29) is 34.8 Å². The van der Waals surface area contributed by atoms with Crippen molar-refractivity contribution in [2.24, 2.45) is 11.7 Å². The molecule has 32 heavy (non-hydrogen) atoms. The van der Waals surface area contributed by atoms with Crippen LogP contribution in [0.1, 0.15) is 17.9 Å². The second-order valence-electron chi connectivity index (χ2n) is 7.26. The summed E-state index contributed by atoms with van der Waals surface area (Å²) < 4.78 is 62.7. The molecule has 0 bridgehead atoms. The van der Waals surface area contributed by atoms with Crippen LogP contribution in [-0.4, -0.2) is 17.6 Å². The molecule has 0 radical (unpaired) electrons. The zero-order valence-corrected chi connectivity index (χ0v) is 16.4. The van der Waals surface area contributed by atoms with Gasteiger partial charge < -0.3 is 15.2 Å². The third-order valence-corrected chi connectivity index (χ3v) is 4.89. The van der Waals surface area contributed by atoms with Gasteiger partial charge in [-0.3, -0.25) is 5.32 Å². The molecular formula is C22H17F4N3O3. The molecule has 1 aromatic heterocycles. The lowest BCUT2D eigenvalue weighted by Gasteiger charge is -2.17. The fraction of sp³-hybridized carbons (Fsp3) is 0.182. The first kappa shape index (κ1) is 21.4. The summed E-state index contributed by atoms with van der Waals surface area (Å²) in [6, 6.07) is 7.29. The number of nitrogens with two attached hydrogens (primary N) is 1. The molecule has 3 N–H and O–H groups in total. The minimum atomic E-state index is -0.742. The SMILES string of the molecule is Fc1ccc(F)c2c1OC[C@H]1C[C@@H]21.NC(=O)Nc1ccc(Oc2cc(F)cc(F)c2)cn1. The van der Waals surface area contributed by atoms with Crippen LogP contribution in [0.2, 0.25) is 0 Å². The number of hydrogen-bond donors (Lipinski definition) is 2. The van der Waals surface area contributed by atoms with E-state index in [2.05, 4.69) is 10.3 Å². The Hall–Kier alpha value is -3.82. The molecule has 0 spiro atoms. The first-order valence-electron chi connectivity index (χ1n) is 9.57. The van der Waals surface area contributed by atoms with Crippen molar-refractivity contribution in [1.29, 1.82) is 0 Å². The number of pyridine rings is 1. The summed E-state index contributed by atoms with van der Waals surface area (Å²) in [4.78, 5) is 14.4. The highest BCUT2D eigenvalue weighted by atomic mass is 19.1. The van der Waals surface area contributed by atoms with Gasteiger partial charge in [-0.05, 0) is 36.6 Å². The minimum absolute atomic E-state index is 0.00918. The summed E-state index contributed by atoms with van der Waals surface area (Å²) in [7, 11) is 0. The van der Waals surface area contributed by atoms with Crippen molar-refractivity contribution in [2.75, 3.05) is 11.9 Å². The number of halogens is 4. The topological polar surface area (TPSA) is 86.5 Å². The Morgan fingerprint density at radius 3 is 2.41 bits per heavy atom. The predicted octanol–water partition coefficient (Wildman–Crippen LogP) is 5.10. The number of hydrogen-bond acceptors (Lipinski definition) is 4. The molecule has 166 valence electrons. The number of rotatable bonds is 3. The van der Waals surface area contributed by atoms with Crippen molar-refractivity contribution >= 4 is 11.8 Å². The van der Waals surface area contributed by atoms with Crippen LogP contribution in [0.5, 0.6) is 17.2 Å². The average molecular weight is 447 g/mol. The van der Waals surface area contributed by atoms with E-state index in [1.807, 2.05) is 0 Å². The second kappa shape index (κ2) is 8.74. The first-order valence-corrected chi connectivity index (χ1v) is 9.57. The van der Waals surface area contributed by atoms with Gasteiger partial charge in [-0.2, -0.15) is 0 Å². The standard InChI is InChI=1S/C12H9F2N3O2.C10H8F2O/c13-7-3-8(14)5-10(4-7)19-9-1-2-11(16-6-9)17-12(15)18;11-7-1-2-8(12)10-9(7)6-3-5(6)4-13-10/h1-6H,(H3,15,16,17,18);1-2,5-6H,3-4H2/t;5-,6-/m.1/s1. The van der Waals surface area contributed by atoms with E-state index >= 15 is 0 Å². The average Bonchev–Trinajstić information content (AvgIpc) is 3.51. The molecule has 10 heteroatoms. The highest BCUT2D eigenvalue weighted by molar-refractivity contribution is 5.86. The molecule has 1 saturated carbocycles. The number of carbonyl (C=O) groups excluding carboxylic acids is 1. The summed E-state index contributed by atoms with van der Waals surface area (Å²) in [5.74, 6) is -0.975. The number of ether oxygens (including phenoxy) is 2. The number of primary amides is 1. The van der Waals surface area contributed by atoms with Crippen molar-refractivity contribution in [3.63, 3.8) is 0 Å². The molecule has 0 unspecified atom stereocenters. The zero-order chi connectivity index (χ0) is 22.8. The maximum atomic E-state index is 13.3. The van der Waals surface area contributed by atoms with Gasteiger partial charge in [0.15, 0.2) is 11.6 Å². The summed E-state index contributed by atoms with van der Waals surface area (Å²) in [6.45, 7) is 0.540. The lowest BCUT2D eigenvalue weighted by atomic mass is 10.1. The molecule has 0 saturated heterocycles. The van der Waals surface area contributed by atoms with Gasteiger partial charge in [0.1, 0.15) is 34.8 Å². The van der Waals surface area contributed by atoms with Crippen molar-refractivity contribution in [3.8, 4) is 17.2 Å². The number of nitrogens with one attached hydrogen (secondary N) is 1. The molecule has 1 aliphatic heterocycles. The molecular weight excluding hydrogens is 430 g/mol. The Kier molecular flexibility index (Phi) is 5.85. The van der Waals surface area contributed by atoms with E-state index in [1.54, 1.807) is 0 Å². The fourth-order valence-electron chi connectivity index (χ4n) is 3.38. The van der Waals surface area contributed by atoms with Crippen molar-refractivity contribution in [1.82, 2.24) is 4.98 Å². The highest BCUT2D eigenvalue weighted by Crippen LogP contribution is 2.55. The lowest BCUT2D eigenvalue weighted by molar-refractivity contribution is 0.259. The Morgan fingerprint density at radius 1 is 1.03 bits per heavy atom. The Bertz CT molecular complexity index is 1140. The molecule has 1 fully saturated rings. The minimum Gasteiger partial charge on any atom is -0.490 e. The highest BCUT2D eigenvalue weighted by Gasteiger charge is 2.46. The summed E-state index contributed by atoms with van der Waals surface area (Å²) >= 11 is 0. The number of carbonyl (C=O) groups is 1. The zero-order valence-electron chi connectivity index (χ0n) is 16.4. The van der Waals surface area contributed by atoms with Crippen LogP contribution in [0, 0.1) is 29.2 Å². The van der Waals surface area contributed by atoms with E-state index in [1.165, 1.54) is 24.4 Å². The van der Waals surface area contributed by atoms with Crippen LogP contribution >= 0.6 is 0 Å². The molecule has 2 aromatic carbocycles. The number of aromatic nitrogens is 1. The molecule has 2 aliphatic rings. The van der Waals surface area contributed by atoms with E-state index in [9.17, 15) is 22.4 Å². The van der Waals surface area contributed by atoms with Gasteiger partial charge >= 0.3 is 6.03 Å². The molecule has 2 atom stereocenters. The number of amides is 2. The quantitative estimate of drug-likeness (QED) is 0.547. The molecule has 2 heterocycles. The maximum absolute atomic E-state index is 13.3. The fourth-order valence-corrected chi connectivity index (χ4v) is 3.38. The second-order valence-corrected chi connectivity index (χ2v) is 7.26.